The number of carboxylic acid groups (broad SMARTS) is 1. The predicted octanol–water partition coefficient (Wildman–Crippen LogP) is 5.44. The Morgan fingerprint density at radius 3 is 2.32 bits per heavy atom. The average Bonchev–Trinajstić information content (AvgIpc) is 3.19. The molecular weight excluding hydrogens is 745 g/mol. The van der Waals surface area contributed by atoms with E-state index in [2.05, 4.69) is 74.6 Å². The number of anilines is 1. The molecule has 1 saturated heterocycles. The molecule has 1 fully saturated rings. The molecule has 4 atom stereocenters. The van der Waals surface area contributed by atoms with E-state index in [9.17, 15) is 24.3 Å². The third-order valence-corrected chi connectivity index (χ3v) is 10.9. The number of carbonyl (C=O) groups is 4. The van der Waals surface area contributed by atoms with E-state index in [-0.39, 0.29) is 30.2 Å². The summed E-state index contributed by atoms with van der Waals surface area (Å²) in [6.45, 7) is 23.7. The number of benzene rings is 1. The van der Waals surface area contributed by atoms with Crippen molar-refractivity contribution in [1.29, 1.82) is 0 Å². The number of carboxylic acids is 1. The summed E-state index contributed by atoms with van der Waals surface area (Å²) >= 11 is 0. The van der Waals surface area contributed by atoms with Crippen molar-refractivity contribution >= 4 is 29.5 Å². The van der Waals surface area contributed by atoms with Gasteiger partial charge in [-0.25, -0.2) is 9.78 Å². The highest BCUT2D eigenvalue weighted by Gasteiger charge is 2.37. The first-order valence-electron chi connectivity index (χ1n) is 21.3. The molecule has 13 nitrogen and oxygen atoms in total. The Hall–Kier alpha value is -4.91. The summed E-state index contributed by atoms with van der Waals surface area (Å²) in [5, 5.41) is 22.6. The van der Waals surface area contributed by atoms with E-state index in [0.29, 0.717) is 50.8 Å². The highest BCUT2D eigenvalue weighted by atomic mass is 16.4. The van der Waals surface area contributed by atoms with Crippen LogP contribution in [0.3, 0.4) is 0 Å². The maximum Gasteiger partial charge on any atom is 0.326 e. The number of pyridine rings is 1. The number of aliphatic carboxylic acids is 1. The molecule has 2 heterocycles. The monoisotopic (exact) mass is 817 g/mol. The summed E-state index contributed by atoms with van der Waals surface area (Å²) in [6.07, 6.45) is 7.79. The molecule has 4 unspecified atom stereocenters. The Balaban J connectivity index is 1.71. The van der Waals surface area contributed by atoms with Crippen LogP contribution in [0.15, 0.2) is 67.6 Å². The van der Waals surface area contributed by atoms with E-state index in [4.69, 9.17) is 0 Å². The number of hydrogen-bond acceptors (Lipinski definition) is 9. The van der Waals surface area contributed by atoms with Crippen LogP contribution in [-0.2, 0) is 25.6 Å². The molecule has 5 N–H and O–H groups in total. The molecule has 1 aromatic heterocycles. The number of nitrogens with one attached hydrogen (secondary N) is 4. The van der Waals surface area contributed by atoms with Crippen molar-refractivity contribution in [3.05, 3.63) is 73.2 Å². The van der Waals surface area contributed by atoms with E-state index < -0.39 is 35.4 Å². The van der Waals surface area contributed by atoms with Gasteiger partial charge in [-0.1, -0.05) is 85.4 Å². The molecular formula is C46H72N8O5. The number of nitrogens with zero attached hydrogens (tertiary/aromatic N) is 4. The Morgan fingerprint density at radius 1 is 1.00 bits per heavy atom. The molecule has 0 aliphatic carbocycles. The predicted molar refractivity (Wildman–Crippen MR) is 238 cm³/mol. The molecule has 3 amide bonds. The fraction of sp³-hybridized carbons (Fsp3) is 0.587. The third-order valence-electron chi connectivity index (χ3n) is 10.9. The Morgan fingerprint density at radius 2 is 1.69 bits per heavy atom. The molecule has 2 aromatic rings. The van der Waals surface area contributed by atoms with Crippen molar-refractivity contribution in [3.8, 4) is 11.1 Å². The van der Waals surface area contributed by atoms with Crippen molar-refractivity contribution in [2.24, 2.45) is 17.3 Å². The number of amides is 3. The molecule has 59 heavy (non-hydrogen) atoms. The highest BCUT2D eigenvalue weighted by molar-refractivity contribution is 5.91. The van der Waals surface area contributed by atoms with Crippen molar-refractivity contribution < 1.29 is 24.3 Å². The summed E-state index contributed by atoms with van der Waals surface area (Å²) in [6, 6.07) is 10.4. The van der Waals surface area contributed by atoms with Gasteiger partial charge in [0.25, 0.3) is 0 Å². The number of aryl methyl sites for hydroxylation is 1. The number of carbonyl (C=O) groups excluding carboxylic acids is 3. The van der Waals surface area contributed by atoms with Crippen LogP contribution in [-0.4, -0.2) is 115 Å². The normalized spacial score (nSPS) is 15.0. The van der Waals surface area contributed by atoms with E-state index in [1.54, 1.807) is 25.2 Å². The standard InChI is InChI=1S/C46H72N8O5/c1-11-15-38(44(57)52(9)31-41(55)50-39(28-32(3)4)33(5)53(10)42(45(58)59)46(6,7)8)51-43(56)35(18-14-22-47-12-2)20-19-34-16-13-17-36(29-34)37-21-23-49-40(30-37)54-26-24-48-25-27-54/h12-13,16-17,21,23,29-30,32,35,38-39,42,47-48H,2,5,11,14-15,18-20,22,24-28,31H2,1,3-4,6-10H3,(H,50,55)(H,51,56)(H,58,59). The SMILES string of the molecule is C=CNCCCC(CCc1cccc(-c2ccnc(N3CCNCC3)c2)c1)C(=O)NC(CCC)C(=O)N(C)CC(=O)NC(CC(C)C)C(=C)N(C)C(C(=O)O)C(C)(C)C. The molecule has 0 bridgehead atoms. The first kappa shape index (κ1) is 48.5. The zero-order chi connectivity index (χ0) is 43.7. The third kappa shape index (κ3) is 15.3. The van der Waals surface area contributed by atoms with Crippen LogP contribution in [0.2, 0.25) is 0 Å². The fourth-order valence-electron chi connectivity index (χ4n) is 7.78. The van der Waals surface area contributed by atoms with Crippen molar-refractivity contribution in [2.75, 3.05) is 58.3 Å². The Labute approximate surface area is 353 Å². The molecule has 1 aromatic carbocycles. The van der Waals surface area contributed by atoms with Crippen LogP contribution in [0.4, 0.5) is 5.82 Å². The second-order valence-corrected chi connectivity index (χ2v) is 17.4. The number of likely N-dealkylation sites (N-methyl/N-ethyl adjacent to an activating group) is 2. The topological polar surface area (TPSA) is 159 Å². The molecule has 0 saturated carbocycles. The molecule has 13 heteroatoms. The van der Waals surface area contributed by atoms with E-state index in [1.165, 1.54) is 4.90 Å². The van der Waals surface area contributed by atoms with Gasteiger partial charge >= 0.3 is 5.97 Å². The first-order chi connectivity index (χ1) is 28.0. The quantitative estimate of drug-likeness (QED) is 0.0865. The Kier molecular flexibility index (Phi) is 19.4. The van der Waals surface area contributed by atoms with Crippen molar-refractivity contribution in [2.45, 2.75) is 105 Å². The number of rotatable bonds is 24. The summed E-state index contributed by atoms with van der Waals surface area (Å²) < 4.78 is 0. The minimum absolute atomic E-state index is 0.174. The minimum atomic E-state index is -0.976. The van der Waals surface area contributed by atoms with Gasteiger partial charge in [0.05, 0.1) is 12.6 Å². The van der Waals surface area contributed by atoms with Gasteiger partial charge in [0.1, 0.15) is 17.9 Å². The van der Waals surface area contributed by atoms with Gasteiger partial charge in [0, 0.05) is 64.6 Å². The lowest BCUT2D eigenvalue weighted by Crippen LogP contribution is -2.53. The van der Waals surface area contributed by atoms with Crippen LogP contribution < -0.4 is 26.2 Å². The molecule has 1 aliphatic heterocycles. The fourth-order valence-corrected chi connectivity index (χ4v) is 7.78. The summed E-state index contributed by atoms with van der Waals surface area (Å²) in [5.41, 5.74) is 3.21. The second-order valence-electron chi connectivity index (χ2n) is 17.4. The number of piperazine rings is 1. The lowest BCUT2D eigenvalue weighted by molar-refractivity contribution is -0.146. The molecule has 3 rings (SSSR count). The molecule has 326 valence electrons. The highest BCUT2D eigenvalue weighted by Crippen LogP contribution is 2.29. The lowest BCUT2D eigenvalue weighted by atomic mass is 9.85. The number of hydrogen-bond donors (Lipinski definition) is 5. The van der Waals surface area contributed by atoms with Gasteiger partial charge in [-0.05, 0) is 84.9 Å². The largest absolute Gasteiger partial charge is 0.480 e. The van der Waals surface area contributed by atoms with Crippen molar-refractivity contribution in [3.63, 3.8) is 0 Å². The van der Waals surface area contributed by atoms with Gasteiger partial charge in [0.2, 0.25) is 17.7 Å². The second kappa shape index (κ2) is 23.6. The maximum atomic E-state index is 14.0. The van der Waals surface area contributed by atoms with Gasteiger partial charge in [-0.3, -0.25) is 14.4 Å². The Bertz CT molecular complexity index is 1700. The van der Waals surface area contributed by atoms with Gasteiger partial charge < -0.3 is 41.1 Å². The minimum Gasteiger partial charge on any atom is -0.480 e. The summed E-state index contributed by atoms with van der Waals surface area (Å²) in [7, 11) is 3.25. The maximum absolute atomic E-state index is 14.0. The van der Waals surface area contributed by atoms with E-state index >= 15 is 0 Å². The zero-order valence-electron chi connectivity index (χ0n) is 37.0. The first-order valence-corrected chi connectivity index (χ1v) is 21.3. The average molecular weight is 817 g/mol. The molecule has 0 radical (unpaired) electrons. The van der Waals surface area contributed by atoms with Crippen LogP contribution in [0, 0.1) is 17.3 Å². The van der Waals surface area contributed by atoms with Crippen LogP contribution in [0.5, 0.6) is 0 Å². The van der Waals surface area contributed by atoms with Crippen LogP contribution >= 0.6 is 0 Å². The lowest BCUT2D eigenvalue weighted by Gasteiger charge is -2.40. The van der Waals surface area contributed by atoms with E-state index in [1.807, 2.05) is 53.8 Å². The molecule has 1 aliphatic rings. The molecule has 0 spiro atoms. The van der Waals surface area contributed by atoms with Gasteiger partial charge in [-0.15, -0.1) is 0 Å². The summed E-state index contributed by atoms with van der Waals surface area (Å²) in [4.78, 5) is 63.6. The van der Waals surface area contributed by atoms with E-state index in [0.717, 1.165) is 55.1 Å². The van der Waals surface area contributed by atoms with Gasteiger partial charge in [-0.2, -0.15) is 0 Å². The summed E-state index contributed by atoms with van der Waals surface area (Å²) in [5.74, 6) is -1.09. The van der Waals surface area contributed by atoms with Crippen LogP contribution in [0.1, 0.15) is 85.6 Å². The van der Waals surface area contributed by atoms with Crippen molar-refractivity contribution in [1.82, 2.24) is 36.1 Å². The zero-order valence-corrected chi connectivity index (χ0v) is 37.0. The smallest absolute Gasteiger partial charge is 0.326 e. The number of aromatic nitrogens is 1. The van der Waals surface area contributed by atoms with Crippen LogP contribution in [0.25, 0.3) is 11.1 Å². The van der Waals surface area contributed by atoms with Gasteiger partial charge in [0.15, 0.2) is 0 Å².